The zero-order valence-corrected chi connectivity index (χ0v) is 16.2. The van der Waals surface area contributed by atoms with Crippen LogP contribution in [0.15, 0.2) is 30.3 Å². The number of carbonyl (C=O) groups excluding carboxylic acids is 1. The van der Waals surface area contributed by atoms with Crippen molar-refractivity contribution >= 4 is 16.9 Å². The number of hydrogen-bond donors (Lipinski definition) is 1. The Balaban J connectivity index is 1.83. The number of nitrogens with one attached hydrogen (secondary N) is 1. The maximum Gasteiger partial charge on any atom is 0.356 e. The van der Waals surface area contributed by atoms with Crippen LogP contribution in [0.25, 0.3) is 10.9 Å². The van der Waals surface area contributed by atoms with Gasteiger partial charge in [-0.15, -0.1) is 0 Å². The van der Waals surface area contributed by atoms with Crippen LogP contribution in [0.3, 0.4) is 0 Å². The van der Waals surface area contributed by atoms with Crippen LogP contribution >= 0.6 is 0 Å². The SMILES string of the molecule is COC(=O)c1cccc(Cc2c(C3(C)CC3)[nH]c3cc(OC)c(C)cc23)n1. The van der Waals surface area contributed by atoms with Gasteiger partial charge in [-0.05, 0) is 49.1 Å². The van der Waals surface area contributed by atoms with Gasteiger partial charge < -0.3 is 14.5 Å². The fourth-order valence-electron chi connectivity index (χ4n) is 3.72. The first-order valence-corrected chi connectivity index (χ1v) is 9.19. The number of pyridine rings is 1. The third kappa shape index (κ3) is 3.07. The molecule has 0 radical (unpaired) electrons. The minimum absolute atomic E-state index is 0.190. The van der Waals surface area contributed by atoms with Gasteiger partial charge in [0.1, 0.15) is 11.4 Å². The highest BCUT2D eigenvalue weighted by Crippen LogP contribution is 2.50. The molecule has 5 heteroatoms. The van der Waals surface area contributed by atoms with Crippen molar-refractivity contribution in [2.24, 2.45) is 0 Å². The Bertz CT molecular complexity index is 1030. The van der Waals surface area contributed by atoms with Gasteiger partial charge in [0.05, 0.1) is 14.2 Å². The molecule has 140 valence electrons. The van der Waals surface area contributed by atoms with Crippen molar-refractivity contribution in [3.63, 3.8) is 0 Å². The van der Waals surface area contributed by atoms with Crippen LogP contribution in [0, 0.1) is 6.92 Å². The molecule has 0 spiro atoms. The lowest BCUT2D eigenvalue weighted by Crippen LogP contribution is -2.08. The maximum atomic E-state index is 11.8. The van der Waals surface area contributed by atoms with Gasteiger partial charge >= 0.3 is 5.97 Å². The van der Waals surface area contributed by atoms with Gasteiger partial charge in [0, 0.05) is 40.2 Å². The summed E-state index contributed by atoms with van der Waals surface area (Å²) >= 11 is 0. The largest absolute Gasteiger partial charge is 0.496 e. The third-order valence-corrected chi connectivity index (χ3v) is 5.58. The lowest BCUT2D eigenvalue weighted by Gasteiger charge is -2.11. The Morgan fingerprint density at radius 3 is 2.70 bits per heavy atom. The van der Waals surface area contributed by atoms with Crippen molar-refractivity contribution < 1.29 is 14.3 Å². The molecular weight excluding hydrogens is 340 g/mol. The number of aromatic nitrogens is 2. The van der Waals surface area contributed by atoms with E-state index in [9.17, 15) is 4.79 Å². The second-order valence-corrected chi connectivity index (χ2v) is 7.59. The minimum atomic E-state index is -0.411. The Kier molecular flexibility index (Phi) is 4.17. The molecule has 2 aromatic heterocycles. The van der Waals surface area contributed by atoms with Crippen LogP contribution in [0.1, 0.15) is 52.8 Å². The molecule has 1 saturated carbocycles. The summed E-state index contributed by atoms with van der Waals surface area (Å²) in [5.41, 5.74) is 6.11. The molecule has 0 amide bonds. The first kappa shape index (κ1) is 17.6. The average Bonchev–Trinajstić information content (AvgIpc) is 3.33. The Labute approximate surface area is 158 Å². The molecular formula is C22H24N2O3. The van der Waals surface area contributed by atoms with Gasteiger partial charge in [0.2, 0.25) is 0 Å². The molecule has 0 aliphatic heterocycles. The number of esters is 1. The van der Waals surface area contributed by atoms with E-state index >= 15 is 0 Å². The van der Waals surface area contributed by atoms with Crippen LogP contribution in [0.5, 0.6) is 5.75 Å². The van der Waals surface area contributed by atoms with Gasteiger partial charge in [-0.2, -0.15) is 0 Å². The summed E-state index contributed by atoms with van der Waals surface area (Å²) in [5, 5.41) is 1.20. The number of H-pyrrole nitrogens is 1. The van der Waals surface area contributed by atoms with Crippen LogP contribution < -0.4 is 4.74 Å². The number of hydrogen-bond acceptors (Lipinski definition) is 4. The number of aryl methyl sites for hydroxylation is 1. The molecule has 3 aromatic rings. The Morgan fingerprint density at radius 1 is 1.26 bits per heavy atom. The second-order valence-electron chi connectivity index (χ2n) is 7.59. The van der Waals surface area contributed by atoms with E-state index < -0.39 is 5.97 Å². The summed E-state index contributed by atoms with van der Waals surface area (Å²) in [4.78, 5) is 20.0. The predicted octanol–water partition coefficient (Wildman–Crippen LogP) is 4.31. The quantitative estimate of drug-likeness (QED) is 0.685. The maximum absolute atomic E-state index is 11.8. The molecule has 27 heavy (non-hydrogen) atoms. The molecule has 5 nitrogen and oxygen atoms in total. The molecule has 1 N–H and O–H groups in total. The molecule has 0 bridgehead atoms. The molecule has 1 aromatic carbocycles. The molecule has 0 saturated heterocycles. The first-order valence-electron chi connectivity index (χ1n) is 9.19. The highest BCUT2D eigenvalue weighted by Gasteiger charge is 2.42. The molecule has 0 unspecified atom stereocenters. The number of aromatic amines is 1. The van der Waals surface area contributed by atoms with Crippen molar-refractivity contribution in [1.82, 2.24) is 9.97 Å². The number of carbonyl (C=O) groups is 1. The third-order valence-electron chi connectivity index (χ3n) is 5.58. The van der Waals surface area contributed by atoms with E-state index in [1.165, 1.54) is 36.6 Å². The van der Waals surface area contributed by atoms with E-state index in [-0.39, 0.29) is 5.41 Å². The first-order chi connectivity index (χ1) is 12.9. The predicted molar refractivity (Wildman–Crippen MR) is 105 cm³/mol. The fraction of sp³-hybridized carbons (Fsp3) is 0.364. The lowest BCUT2D eigenvalue weighted by molar-refractivity contribution is 0.0593. The number of benzene rings is 1. The monoisotopic (exact) mass is 364 g/mol. The second kappa shape index (κ2) is 6.41. The highest BCUT2D eigenvalue weighted by molar-refractivity contribution is 5.88. The average molecular weight is 364 g/mol. The Morgan fingerprint density at radius 2 is 2.04 bits per heavy atom. The zero-order valence-electron chi connectivity index (χ0n) is 16.2. The van der Waals surface area contributed by atoms with E-state index in [0.29, 0.717) is 12.1 Å². The summed E-state index contributed by atoms with van der Waals surface area (Å²) in [6, 6.07) is 9.75. The molecule has 1 aliphatic carbocycles. The number of methoxy groups -OCH3 is 2. The summed E-state index contributed by atoms with van der Waals surface area (Å²) in [7, 11) is 3.07. The number of ether oxygens (including phenoxy) is 2. The highest BCUT2D eigenvalue weighted by atomic mass is 16.5. The fourth-order valence-corrected chi connectivity index (χ4v) is 3.72. The van der Waals surface area contributed by atoms with Gasteiger partial charge in [0.15, 0.2) is 0 Å². The molecule has 1 fully saturated rings. The Hall–Kier alpha value is -2.82. The van der Waals surface area contributed by atoms with Crippen LogP contribution in [-0.4, -0.2) is 30.2 Å². The summed E-state index contributed by atoms with van der Waals surface area (Å²) in [5.74, 6) is 0.472. The summed E-state index contributed by atoms with van der Waals surface area (Å²) < 4.78 is 10.3. The van der Waals surface area contributed by atoms with E-state index in [0.717, 1.165) is 22.5 Å². The smallest absolute Gasteiger partial charge is 0.356 e. The zero-order chi connectivity index (χ0) is 19.2. The lowest BCUT2D eigenvalue weighted by atomic mass is 9.95. The molecule has 4 rings (SSSR count). The summed E-state index contributed by atoms with van der Waals surface area (Å²) in [6.45, 7) is 4.35. The van der Waals surface area contributed by atoms with E-state index in [4.69, 9.17) is 9.47 Å². The minimum Gasteiger partial charge on any atom is -0.496 e. The van der Waals surface area contributed by atoms with Crippen LogP contribution in [0.4, 0.5) is 0 Å². The summed E-state index contributed by atoms with van der Waals surface area (Å²) in [6.07, 6.45) is 3.03. The number of rotatable bonds is 5. The van der Waals surface area contributed by atoms with Crippen molar-refractivity contribution in [3.05, 3.63) is 58.5 Å². The van der Waals surface area contributed by atoms with Crippen molar-refractivity contribution in [1.29, 1.82) is 0 Å². The van der Waals surface area contributed by atoms with E-state index in [1.807, 2.05) is 12.1 Å². The normalized spacial score (nSPS) is 15.0. The molecule has 0 atom stereocenters. The van der Waals surface area contributed by atoms with Crippen molar-refractivity contribution in [3.8, 4) is 5.75 Å². The standard InChI is InChI=1S/C22H24N2O3/c1-13-10-15-16(11-14-6-5-7-17(23-14)21(25)27-4)20(22(2)8-9-22)24-18(15)12-19(13)26-3/h5-7,10,12,24H,8-9,11H2,1-4H3. The van der Waals surface area contributed by atoms with Crippen LogP contribution in [0.2, 0.25) is 0 Å². The van der Waals surface area contributed by atoms with Gasteiger partial charge in [-0.1, -0.05) is 13.0 Å². The van der Waals surface area contributed by atoms with Gasteiger partial charge in [-0.3, -0.25) is 0 Å². The van der Waals surface area contributed by atoms with E-state index in [2.05, 4.69) is 35.9 Å². The van der Waals surface area contributed by atoms with Crippen molar-refractivity contribution in [2.45, 2.75) is 38.5 Å². The topological polar surface area (TPSA) is 64.2 Å². The number of fused-ring (bicyclic) bond motifs is 1. The number of nitrogens with zero attached hydrogens (tertiary/aromatic N) is 1. The molecule has 2 heterocycles. The van der Waals surface area contributed by atoms with Gasteiger partial charge in [-0.25, -0.2) is 9.78 Å². The molecule has 1 aliphatic rings. The van der Waals surface area contributed by atoms with Gasteiger partial charge in [0.25, 0.3) is 0 Å². The van der Waals surface area contributed by atoms with Crippen molar-refractivity contribution in [2.75, 3.05) is 14.2 Å². The van der Waals surface area contributed by atoms with Crippen LogP contribution in [-0.2, 0) is 16.6 Å². The van der Waals surface area contributed by atoms with E-state index in [1.54, 1.807) is 13.2 Å².